The quantitative estimate of drug-likeness (QED) is 0.659. The van der Waals surface area contributed by atoms with Gasteiger partial charge in [-0.25, -0.2) is 0 Å². The second-order valence-corrected chi connectivity index (χ2v) is 5.52. The Labute approximate surface area is 94.6 Å². The maximum Gasteiger partial charge on any atom is 0.133 e. The van der Waals surface area contributed by atoms with E-state index in [9.17, 15) is 4.79 Å². The fraction of sp³-hybridized carbons (Fsp3) is 0.929. The van der Waals surface area contributed by atoms with E-state index in [2.05, 4.69) is 13.8 Å². The molecule has 0 unspecified atom stereocenters. The fourth-order valence-corrected chi connectivity index (χ4v) is 3.16. The van der Waals surface area contributed by atoms with Crippen molar-refractivity contribution in [2.75, 3.05) is 0 Å². The minimum atomic E-state index is 0.319. The molecule has 0 aromatic rings. The van der Waals surface area contributed by atoms with Crippen LogP contribution in [0.2, 0.25) is 0 Å². The van der Waals surface area contributed by atoms with Crippen LogP contribution in [0.25, 0.3) is 0 Å². The van der Waals surface area contributed by atoms with E-state index in [0.717, 1.165) is 6.42 Å². The Bertz CT molecular complexity index is 201. The Hall–Kier alpha value is -0.330. The summed E-state index contributed by atoms with van der Waals surface area (Å²) in [6, 6.07) is 0. The van der Waals surface area contributed by atoms with Gasteiger partial charge in [-0.2, -0.15) is 0 Å². The lowest BCUT2D eigenvalue weighted by Gasteiger charge is -2.39. The number of hydrogen-bond donors (Lipinski definition) is 0. The van der Waals surface area contributed by atoms with Gasteiger partial charge in [-0.1, -0.05) is 46.0 Å². The Morgan fingerprint density at radius 3 is 2.33 bits per heavy atom. The van der Waals surface area contributed by atoms with Gasteiger partial charge in [0.25, 0.3) is 0 Å². The molecular weight excluding hydrogens is 184 g/mol. The molecule has 0 aromatic carbocycles. The number of hydrogen-bond acceptors (Lipinski definition) is 1. The van der Waals surface area contributed by atoms with E-state index in [-0.39, 0.29) is 0 Å². The highest BCUT2D eigenvalue weighted by Crippen LogP contribution is 2.44. The lowest BCUT2D eigenvalue weighted by atomic mass is 9.64. The molecule has 0 spiro atoms. The normalized spacial score (nSPS) is 22.3. The molecule has 1 fully saturated rings. The van der Waals surface area contributed by atoms with Crippen LogP contribution in [0, 0.1) is 11.3 Å². The minimum Gasteiger partial charge on any atom is -0.300 e. The number of unbranched alkanes of at least 4 members (excludes halogenated alkanes) is 1. The summed E-state index contributed by atoms with van der Waals surface area (Å²) in [5.74, 6) is 0.755. The van der Waals surface area contributed by atoms with Gasteiger partial charge in [0, 0.05) is 5.92 Å². The molecule has 15 heavy (non-hydrogen) atoms. The van der Waals surface area contributed by atoms with Gasteiger partial charge in [0.1, 0.15) is 5.78 Å². The Morgan fingerprint density at radius 1 is 1.27 bits per heavy atom. The third-order valence-corrected chi connectivity index (χ3v) is 4.17. The van der Waals surface area contributed by atoms with Crippen molar-refractivity contribution < 1.29 is 4.79 Å². The maximum atomic E-state index is 11.8. The van der Waals surface area contributed by atoms with Gasteiger partial charge >= 0.3 is 0 Å². The first-order chi connectivity index (χ1) is 7.10. The van der Waals surface area contributed by atoms with E-state index in [0.29, 0.717) is 17.1 Å². The first kappa shape index (κ1) is 12.7. The van der Waals surface area contributed by atoms with Crippen molar-refractivity contribution in [1.29, 1.82) is 0 Å². The summed E-state index contributed by atoms with van der Waals surface area (Å²) in [5.41, 5.74) is 0.319. The lowest BCUT2D eigenvalue weighted by Crippen LogP contribution is -2.34. The number of rotatable bonds is 5. The Balaban J connectivity index is 2.63. The minimum absolute atomic E-state index is 0.319. The summed E-state index contributed by atoms with van der Waals surface area (Å²) < 4.78 is 0. The predicted octanol–water partition coefficient (Wildman–Crippen LogP) is 4.35. The van der Waals surface area contributed by atoms with Crippen LogP contribution in [-0.4, -0.2) is 5.78 Å². The van der Waals surface area contributed by atoms with Crippen LogP contribution in [0.4, 0.5) is 0 Å². The molecule has 0 saturated heterocycles. The molecule has 88 valence electrons. The highest BCUT2D eigenvalue weighted by Gasteiger charge is 2.37. The molecule has 1 aliphatic carbocycles. The highest BCUT2D eigenvalue weighted by atomic mass is 16.1. The van der Waals surface area contributed by atoms with Gasteiger partial charge in [0.15, 0.2) is 0 Å². The van der Waals surface area contributed by atoms with Gasteiger partial charge in [0.05, 0.1) is 0 Å². The molecule has 1 atom stereocenters. The molecular formula is C14H26O. The zero-order valence-corrected chi connectivity index (χ0v) is 10.6. The summed E-state index contributed by atoms with van der Waals surface area (Å²) in [5, 5.41) is 0. The molecule has 0 radical (unpaired) electrons. The van der Waals surface area contributed by atoms with Gasteiger partial charge in [0.2, 0.25) is 0 Å². The average Bonchev–Trinajstić information content (AvgIpc) is 2.18. The molecule has 1 heteroatoms. The van der Waals surface area contributed by atoms with Crippen molar-refractivity contribution in [3.8, 4) is 0 Å². The van der Waals surface area contributed by atoms with Gasteiger partial charge in [-0.05, 0) is 31.6 Å². The smallest absolute Gasteiger partial charge is 0.133 e. The number of carbonyl (C=O) groups is 1. The Kier molecular flexibility index (Phi) is 4.82. The summed E-state index contributed by atoms with van der Waals surface area (Å²) >= 11 is 0. The summed E-state index contributed by atoms with van der Waals surface area (Å²) in [7, 11) is 0. The highest BCUT2D eigenvalue weighted by molar-refractivity contribution is 5.79. The third kappa shape index (κ3) is 3.32. The first-order valence-electron chi connectivity index (χ1n) is 6.60. The van der Waals surface area contributed by atoms with Crippen LogP contribution in [0.15, 0.2) is 0 Å². The van der Waals surface area contributed by atoms with Crippen molar-refractivity contribution in [3.63, 3.8) is 0 Å². The summed E-state index contributed by atoms with van der Waals surface area (Å²) in [6.45, 7) is 6.34. The standard InChI is InChI=1S/C14H26O/c1-4-5-9-13(12(2)15)14(3)10-7-6-8-11-14/h13H,4-11H2,1-3H3/t13-/m1/s1. The van der Waals surface area contributed by atoms with E-state index >= 15 is 0 Å². The van der Waals surface area contributed by atoms with E-state index in [1.165, 1.54) is 44.9 Å². The molecule has 1 rings (SSSR count). The molecule has 0 amide bonds. The van der Waals surface area contributed by atoms with Gasteiger partial charge in [-0.3, -0.25) is 4.79 Å². The third-order valence-electron chi connectivity index (χ3n) is 4.17. The molecule has 1 nitrogen and oxygen atoms in total. The van der Waals surface area contributed by atoms with Crippen molar-refractivity contribution >= 4 is 5.78 Å². The van der Waals surface area contributed by atoms with Crippen LogP contribution < -0.4 is 0 Å². The van der Waals surface area contributed by atoms with Crippen molar-refractivity contribution in [1.82, 2.24) is 0 Å². The number of carbonyl (C=O) groups excluding carboxylic acids is 1. The summed E-state index contributed by atoms with van der Waals surface area (Å²) in [4.78, 5) is 11.8. The molecule has 1 aliphatic rings. The van der Waals surface area contributed by atoms with Crippen LogP contribution in [0.3, 0.4) is 0 Å². The molecule has 0 heterocycles. The fourth-order valence-electron chi connectivity index (χ4n) is 3.16. The SMILES string of the molecule is CCCC[C@H](C(C)=O)C1(C)CCCCC1. The molecule has 0 aromatic heterocycles. The van der Waals surface area contributed by atoms with Crippen molar-refractivity contribution in [2.24, 2.45) is 11.3 Å². The van der Waals surface area contributed by atoms with E-state index in [1.807, 2.05) is 0 Å². The van der Waals surface area contributed by atoms with E-state index in [1.54, 1.807) is 6.92 Å². The number of Topliss-reactive ketones (excluding diaryl/α,β-unsaturated/α-hetero) is 1. The second kappa shape index (κ2) is 5.67. The molecule has 0 aliphatic heterocycles. The van der Waals surface area contributed by atoms with Crippen LogP contribution in [-0.2, 0) is 4.79 Å². The zero-order valence-electron chi connectivity index (χ0n) is 10.6. The van der Waals surface area contributed by atoms with Crippen LogP contribution >= 0.6 is 0 Å². The number of ketones is 1. The van der Waals surface area contributed by atoms with E-state index in [4.69, 9.17) is 0 Å². The monoisotopic (exact) mass is 210 g/mol. The lowest BCUT2D eigenvalue weighted by molar-refractivity contribution is -0.126. The van der Waals surface area contributed by atoms with Crippen LogP contribution in [0.1, 0.15) is 72.1 Å². The van der Waals surface area contributed by atoms with Gasteiger partial charge < -0.3 is 0 Å². The van der Waals surface area contributed by atoms with Crippen LogP contribution in [0.5, 0.6) is 0 Å². The Morgan fingerprint density at radius 2 is 1.87 bits per heavy atom. The van der Waals surface area contributed by atoms with Crippen molar-refractivity contribution in [3.05, 3.63) is 0 Å². The summed E-state index contributed by atoms with van der Waals surface area (Å²) in [6.07, 6.45) is 10.1. The largest absolute Gasteiger partial charge is 0.300 e. The average molecular weight is 210 g/mol. The zero-order chi connectivity index (χ0) is 11.3. The van der Waals surface area contributed by atoms with E-state index < -0.39 is 0 Å². The molecule has 0 N–H and O–H groups in total. The second-order valence-electron chi connectivity index (χ2n) is 5.52. The topological polar surface area (TPSA) is 17.1 Å². The maximum absolute atomic E-state index is 11.8. The van der Waals surface area contributed by atoms with Crippen molar-refractivity contribution in [2.45, 2.75) is 72.1 Å². The first-order valence-corrected chi connectivity index (χ1v) is 6.60. The predicted molar refractivity (Wildman–Crippen MR) is 64.9 cm³/mol. The van der Waals surface area contributed by atoms with Gasteiger partial charge in [-0.15, -0.1) is 0 Å². The molecule has 1 saturated carbocycles. The molecule has 0 bridgehead atoms.